The first-order valence-electron chi connectivity index (χ1n) is 10.5. The van der Waals surface area contributed by atoms with Gasteiger partial charge in [-0.3, -0.25) is 19.3 Å². The topological polar surface area (TPSA) is 70.0 Å². The first-order valence-corrected chi connectivity index (χ1v) is 10.5. The summed E-state index contributed by atoms with van der Waals surface area (Å²) in [6.07, 6.45) is 10.3. The number of dihydropyridines is 1. The number of piperazine rings is 1. The molecule has 1 unspecified atom stereocenters. The minimum Gasteiger partial charge on any atom is -0.336 e. The fraction of sp³-hybridized carbons (Fsp3) is 0.714. The highest BCUT2D eigenvalue weighted by atomic mass is 16.2. The summed E-state index contributed by atoms with van der Waals surface area (Å²) < 4.78 is 0. The van der Waals surface area contributed by atoms with E-state index in [9.17, 15) is 14.4 Å². The van der Waals surface area contributed by atoms with Crippen LogP contribution >= 0.6 is 0 Å². The molecule has 4 aliphatic rings. The third-order valence-corrected chi connectivity index (χ3v) is 6.50. The molecular weight excluding hydrogens is 342 g/mol. The Morgan fingerprint density at radius 1 is 1.00 bits per heavy atom. The molecule has 0 aromatic carbocycles. The van der Waals surface area contributed by atoms with Crippen molar-refractivity contribution in [1.29, 1.82) is 0 Å². The number of aliphatic imine (C=N–C) groups is 1. The number of carbonyl (C=O) groups excluding carboxylic acids is 3. The quantitative estimate of drug-likeness (QED) is 0.712. The van der Waals surface area contributed by atoms with Crippen LogP contribution in [-0.2, 0) is 14.4 Å². The molecule has 0 spiro atoms. The lowest BCUT2D eigenvalue weighted by molar-refractivity contribution is -0.131. The van der Waals surface area contributed by atoms with Crippen molar-refractivity contribution in [2.75, 3.05) is 32.7 Å². The molecule has 3 fully saturated rings. The normalized spacial score (nSPS) is 27.9. The summed E-state index contributed by atoms with van der Waals surface area (Å²) in [6.45, 7) is 4.14. The zero-order valence-electron chi connectivity index (χ0n) is 16.0. The van der Waals surface area contributed by atoms with Crippen molar-refractivity contribution in [2.45, 2.75) is 51.4 Å². The molecule has 0 aromatic heterocycles. The van der Waals surface area contributed by atoms with Crippen LogP contribution < -0.4 is 0 Å². The van der Waals surface area contributed by atoms with Gasteiger partial charge in [0.05, 0.1) is 5.92 Å². The summed E-state index contributed by atoms with van der Waals surface area (Å²) in [7, 11) is 0. The van der Waals surface area contributed by atoms with Gasteiger partial charge in [0, 0.05) is 44.9 Å². The van der Waals surface area contributed by atoms with Crippen LogP contribution in [0.5, 0.6) is 0 Å². The Hall–Kier alpha value is -1.82. The lowest BCUT2D eigenvalue weighted by Gasteiger charge is -2.37. The fourth-order valence-electron chi connectivity index (χ4n) is 4.89. The van der Waals surface area contributed by atoms with E-state index in [-0.39, 0.29) is 17.3 Å². The van der Waals surface area contributed by atoms with Crippen LogP contribution in [0.25, 0.3) is 0 Å². The first kappa shape index (κ1) is 18.5. The Morgan fingerprint density at radius 3 is 2.48 bits per heavy atom. The fourth-order valence-corrected chi connectivity index (χ4v) is 4.89. The molecule has 27 heavy (non-hydrogen) atoms. The molecule has 2 heterocycles. The molecule has 6 nitrogen and oxygen atoms in total. The summed E-state index contributed by atoms with van der Waals surface area (Å²) in [5.41, 5.74) is 0.741. The van der Waals surface area contributed by atoms with Crippen LogP contribution in [0, 0.1) is 11.8 Å². The van der Waals surface area contributed by atoms with E-state index < -0.39 is 11.8 Å². The molecule has 2 aliphatic heterocycles. The maximum Gasteiger partial charge on any atom is 0.282 e. The van der Waals surface area contributed by atoms with Crippen LogP contribution in [0.3, 0.4) is 0 Å². The van der Waals surface area contributed by atoms with E-state index >= 15 is 0 Å². The predicted octanol–water partition coefficient (Wildman–Crippen LogP) is 1.99. The van der Waals surface area contributed by atoms with Crippen molar-refractivity contribution in [3.05, 3.63) is 11.6 Å². The van der Waals surface area contributed by atoms with E-state index in [1.807, 2.05) is 0 Å². The van der Waals surface area contributed by atoms with Gasteiger partial charge < -0.3 is 4.90 Å². The van der Waals surface area contributed by atoms with Crippen molar-refractivity contribution < 1.29 is 14.4 Å². The number of nitrogens with zero attached hydrogens (tertiary/aromatic N) is 3. The lowest BCUT2D eigenvalue weighted by atomic mass is 9.83. The van der Waals surface area contributed by atoms with E-state index in [0.29, 0.717) is 31.6 Å². The molecule has 2 saturated carbocycles. The molecular formula is C21H29N3O3. The highest BCUT2D eigenvalue weighted by Crippen LogP contribution is 2.27. The van der Waals surface area contributed by atoms with E-state index in [1.165, 1.54) is 32.1 Å². The van der Waals surface area contributed by atoms with Crippen LogP contribution in [0.2, 0.25) is 0 Å². The SMILES string of the molecule is O=C1N=C2CCCC(=O)C2C=C1C(=O)N1CCN(CC2CCCCC2)CC1. The number of allylic oxidation sites excluding steroid dienone is 1. The largest absolute Gasteiger partial charge is 0.336 e. The average molecular weight is 371 g/mol. The van der Waals surface area contributed by atoms with Crippen molar-refractivity contribution in [3.8, 4) is 0 Å². The molecule has 1 saturated heterocycles. The second-order valence-corrected chi connectivity index (χ2v) is 8.38. The van der Waals surface area contributed by atoms with E-state index in [2.05, 4.69) is 9.89 Å². The van der Waals surface area contributed by atoms with Crippen LogP contribution in [0.15, 0.2) is 16.6 Å². The number of amides is 2. The van der Waals surface area contributed by atoms with Gasteiger partial charge in [-0.2, -0.15) is 0 Å². The van der Waals surface area contributed by atoms with Gasteiger partial charge in [-0.15, -0.1) is 0 Å². The van der Waals surface area contributed by atoms with Crippen LogP contribution in [0.1, 0.15) is 51.4 Å². The summed E-state index contributed by atoms with van der Waals surface area (Å²) >= 11 is 0. The lowest BCUT2D eigenvalue weighted by Crippen LogP contribution is -2.51. The van der Waals surface area contributed by atoms with E-state index in [0.717, 1.165) is 32.0 Å². The first-order chi connectivity index (χ1) is 13.1. The second kappa shape index (κ2) is 8.05. The molecule has 0 bridgehead atoms. The molecule has 0 N–H and O–H groups in total. The van der Waals surface area contributed by atoms with E-state index in [1.54, 1.807) is 11.0 Å². The van der Waals surface area contributed by atoms with Crippen molar-refractivity contribution in [3.63, 3.8) is 0 Å². The Bertz CT molecular complexity index is 683. The van der Waals surface area contributed by atoms with Gasteiger partial charge in [-0.05, 0) is 37.7 Å². The zero-order chi connectivity index (χ0) is 18.8. The number of ketones is 1. The number of Topliss-reactive ketones (excluding diaryl/α,β-unsaturated/α-hetero) is 1. The third-order valence-electron chi connectivity index (χ3n) is 6.50. The minimum absolute atomic E-state index is 0.0788. The van der Waals surface area contributed by atoms with Gasteiger partial charge >= 0.3 is 0 Å². The molecule has 146 valence electrons. The maximum atomic E-state index is 12.9. The van der Waals surface area contributed by atoms with Gasteiger partial charge in [0.2, 0.25) is 0 Å². The molecule has 0 radical (unpaired) electrons. The Morgan fingerprint density at radius 2 is 1.74 bits per heavy atom. The van der Waals surface area contributed by atoms with Crippen LogP contribution in [-0.4, -0.2) is 65.8 Å². The smallest absolute Gasteiger partial charge is 0.282 e. The Kier molecular flexibility index (Phi) is 5.53. The van der Waals surface area contributed by atoms with Gasteiger partial charge in [-0.1, -0.05) is 19.3 Å². The second-order valence-electron chi connectivity index (χ2n) is 8.38. The van der Waals surface area contributed by atoms with Gasteiger partial charge in [0.1, 0.15) is 11.4 Å². The summed E-state index contributed by atoms with van der Waals surface area (Å²) in [6, 6.07) is 0. The summed E-state index contributed by atoms with van der Waals surface area (Å²) in [5, 5.41) is 0. The standard InChI is InChI=1S/C21H29N3O3/c25-19-8-4-7-18-16(19)13-17(20(26)22-18)21(27)24-11-9-23(10-12-24)14-15-5-2-1-3-6-15/h13,15-16H,1-12,14H2. The molecule has 2 amide bonds. The van der Waals surface area contributed by atoms with Crippen molar-refractivity contribution in [2.24, 2.45) is 16.8 Å². The van der Waals surface area contributed by atoms with Crippen LogP contribution in [0.4, 0.5) is 0 Å². The van der Waals surface area contributed by atoms with Gasteiger partial charge in [-0.25, -0.2) is 4.99 Å². The number of hydrogen-bond donors (Lipinski definition) is 0. The van der Waals surface area contributed by atoms with Gasteiger partial charge in [0.25, 0.3) is 11.8 Å². The molecule has 0 aromatic rings. The van der Waals surface area contributed by atoms with Gasteiger partial charge in [0.15, 0.2) is 0 Å². The number of fused-ring (bicyclic) bond motifs is 1. The number of hydrogen-bond acceptors (Lipinski definition) is 4. The maximum absolute atomic E-state index is 12.9. The summed E-state index contributed by atoms with van der Waals surface area (Å²) in [4.78, 5) is 45.7. The Labute approximate surface area is 160 Å². The average Bonchev–Trinajstić information content (AvgIpc) is 2.69. The number of rotatable bonds is 3. The molecule has 2 aliphatic carbocycles. The van der Waals surface area contributed by atoms with Crippen molar-refractivity contribution >= 4 is 23.3 Å². The highest BCUT2D eigenvalue weighted by Gasteiger charge is 2.36. The highest BCUT2D eigenvalue weighted by molar-refractivity contribution is 6.26. The predicted molar refractivity (Wildman–Crippen MR) is 102 cm³/mol. The van der Waals surface area contributed by atoms with E-state index in [4.69, 9.17) is 0 Å². The summed E-state index contributed by atoms with van der Waals surface area (Å²) in [5.74, 6) is -0.295. The molecule has 1 atom stereocenters. The number of carbonyl (C=O) groups is 3. The molecule has 4 rings (SSSR count). The third kappa shape index (κ3) is 4.05. The molecule has 6 heteroatoms. The monoisotopic (exact) mass is 371 g/mol. The zero-order valence-corrected chi connectivity index (χ0v) is 16.0. The Balaban J connectivity index is 1.35. The van der Waals surface area contributed by atoms with Crippen molar-refractivity contribution in [1.82, 2.24) is 9.80 Å². The minimum atomic E-state index is -0.467.